The van der Waals surface area contributed by atoms with E-state index in [4.69, 9.17) is 4.99 Å². The van der Waals surface area contributed by atoms with Crippen molar-refractivity contribution in [3.63, 3.8) is 0 Å². The van der Waals surface area contributed by atoms with Gasteiger partial charge in [-0.2, -0.15) is 5.10 Å². The van der Waals surface area contributed by atoms with Gasteiger partial charge in [0.15, 0.2) is 5.96 Å². The molecule has 1 aliphatic rings. The molecule has 28 heavy (non-hydrogen) atoms. The van der Waals surface area contributed by atoms with Gasteiger partial charge in [-0.15, -0.1) is 35.7 Å². The van der Waals surface area contributed by atoms with Gasteiger partial charge in [-0.1, -0.05) is 31.0 Å². The van der Waals surface area contributed by atoms with E-state index in [2.05, 4.69) is 64.6 Å². The highest BCUT2D eigenvalue weighted by molar-refractivity contribution is 14.0. The van der Waals surface area contributed by atoms with Gasteiger partial charge >= 0.3 is 0 Å². The average Bonchev–Trinajstić information content (AvgIpc) is 3.29. The summed E-state index contributed by atoms with van der Waals surface area (Å²) in [5.41, 5.74) is 0. The van der Waals surface area contributed by atoms with Crippen LogP contribution in [0.4, 0.5) is 0 Å². The smallest absolute Gasteiger partial charge is 0.194 e. The van der Waals surface area contributed by atoms with Gasteiger partial charge in [0.25, 0.3) is 0 Å². The normalized spacial score (nSPS) is 15.9. The number of guanidine groups is 1. The number of aliphatic imine (C=N–C) groups is 1. The van der Waals surface area contributed by atoms with Gasteiger partial charge in [-0.3, -0.25) is 9.67 Å². The lowest BCUT2D eigenvalue weighted by Crippen LogP contribution is -2.40. The third-order valence-corrected chi connectivity index (χ3v) is 6.47. The van der Waals surface area contributed by atoms with Crippen LogP contribution in [0.15, 0.2) is 46.5 Å². The lowest BCUT2D eigenvalue weighted by atomic mass is 10.1. The van der Waals surface area contributed by atoms with Crippen LogP contribution in [0, 0.1) is 0 Å². The Morgan fingerprint density at radius 1 is 1.29 bits per heavy atom. The third kappa shape index (κ3) is 6.10. The highest BCUT2D eigenvalue weighted by Crippen LogP contribution is 2.45. The zero-order valence-corrected chi connectivity index (χ0v) is 20.1. The Morgan fingerprint density at radius 3 is 2.61 bits per heavy atom. The van der Waals surface area contributed by atoms with Crippen molar-refractivity contribution in [3.8, 4) is 0 Å². The van der Waals surface area contributed by atoms with E-state index in [1.165, 1.54) is 30.6 Å². The first kappa shape index (κ1) is 23.0. The third-order valence-electron chi connectivity index (χ3n) is 4.99. The number of thioether (sulfide) groups is 1. The molecular weight excluding hydrogens is 483 g/mol. The maximum Gasteiger partial charge on any atom is 0.194 e. The number of nitrogens with one attached hydrogen (secondary N) is 1. The van der Waals surface area contributed by atoms with Crippen molar-refractivity contribution in [2.75, 3.05) is 20.1 Å². The van der Waals surface area contributed by atoms with Crippen LogP contribution in [-0.2, 0) is 13.6 Å². The average molecular weight is 514 g/mol. The molecule has 0 amide bonds. The predicted octanol–water partition coefficient (Wildman–Crippen LogP) is 3.94. The maximum absolute atomic E-state index is 5.03. The topological polar surface area (TPSA) is 58.3 Å². The molecule has 1 aliphatic carbocycles. The fraction of sp³-hybridized carbons (Fsp3) is 0.550. The van der Waals surface area contributed by atoms with Crippen LogP contribution in [0.2, 0.25) is 0 Å². The van der Waals surface area contributed by atoms with Crippen molar-refractivity contribution in [2.24, 2.45) is 12.0 Å². The van der Waals surface area contributed by atoms with Gasteiger partial charge in [-0.25, -0.2) is 4.98 Å². The molecule has 1 heterocycles. The van der Waals surface area contributed by atoms with Crippen molar-refractivity contribution < 1.29 is 0 Å². The molecule has 6 nitrogen and oxygen atoms in total. The molecule has 0 unspecified atom stereocenters. The summed E-state index contributed by atoms with van der Waals surface area (Å²) in [6, 6.07) is 10.7. The van der Waals surface area contributed by atoms with Crippen LogP contribution in [0.1, 0.15) is 38.4 Å². The van der Waals surface area contributed by atoms with Crippen molar-refractivity contribution in [1.82, 2.24) is 25.0 Å². The van der Waals surface area contributed by atoms with Crippen molar-refractivity contribution in [1.29, 1.82) is 0 Å². The van der Waals surface area contributed by atoms with Gasteiger partial charge in [0.05, 0.1) is 13.1 Å². The van der Waals surface area contributed by atoms with Crippen molar-refractivity contribution >= 4 is 41.7 Å². The quantitative estimate of drug-likeness (QED) is 0.345. The highest BCUT2D eigenvalue weighted by atomic mass is 127. The highest BCUT2D eigenvalue weighted by Gasteiger charge is 2.35. The summed E-state index contributed by atoms with van der Waals surface area (Å²) in [5.74, 6) is 1.86. The van der Waals surface area contributed by atoms with Gasteiger partial charge in [-0.05, 0) is 31.9 Å². The van der Waals surface area contributed by atoms with Crippen LogP contribution in [0.25, 0.3) is 0 Å². The largest absolute Gasteiger partial charge is 0.357 e. The lowest BCUT2D eigenvalue weighted by molar-refractivity contribution is 0.446. The first-order chi connectivity index (χ1) is 13.1. The van der Waals surface area contributed by atoms with E-state index in [0.717, 1.165) is 24.9 Å². The van der Waals surface area contributed by atoms with Crippen molar-refractivity contribution in [3.05, 3.63) is 42.5 Å². The number of aryl methyl sites for hydroxylation is 1. The van der Waals surface area contributed by atoms with E-state index < -0.39 is 0 Å². The molecule has 0 bridgehead atoms. The minimum Gasteiger partial charge on any atom is -0.357 e. The number of benzene rings is 1. The standard InChI is InChI=1S/C20H30N6S.HI/c1-4-21-19(25(2)14-18-23-16-24-26(18)3)22-15-20(12-8-9-13-20)27-17-10-6-5-7-11-17;/h5-7,10-11,16H,4,8-9,12-15H2,1-3H3,(H,21,22);1H. The zero-order chi connectivity index (χ0) is 19.1. The molecular formula is C20H31IN6S. The Balaban J connectivity index is 0.00000280. The minimum absolute atomic E-state index is 0. The summed E-state index contributed by atoms with van der Waals surface area (Å²) < 4.78 is 2.01. The monoisotopic (exact) mass is 514 g/mol. The molecule has 0 aliphatic heterocycles. The van der Waals surface area contributed by atoms with Crippen LogP contribution in [0.3, 0.4) is 0 Å². The molecule has 0 saturated heterocycles. The van der Waals surface area contributed by atoms with E-state index in [0.29, 0.717) is 6.54 Å². The number of hydrogen-bond donors (Lipinski definition) is 1. The molecule has 1 aromatic carbocycles. The van der Waals surface area contributed by atoms with Gasteiger partial charge < -0.3 is 10.2 Å². The predicted molar refractivity (Wildman–Crippen MR) is 127 cm³/mol. The van der Waals surface area contributed by atoms with Crippen LogP contribution < -0.4 is 5.32 Å². The van der Waals surface area contributed by atoms with Gasteiger partial charge in [0.1, 0.15) is 12.2 Å². The fourth-order valence-electron chi connectivity index (χ4n) is 3.49. The first-order valence-corrected chi connectivity index (χ1v) is 10.5. The summed E-state index contributed by atoms with van der Waals surface area (Å²) in [7, 11) is 3.98. The molecule has 0 spiro atoms. The van der Waals surface area contributed by atoms with E-state index in [9.17, 15) is 0 Å². The number of rotatable bonds is 7. The zero-order valence-electron chi connectivity index (χ0n) is 17.0. The van der Waals surface area contributed by atoms with Gasteiger partial charge in [0, 0.05) is 30.3 Å². The summed E-state index contributed by atoms with van der Waals surface area (Å²) in [6.45, 7) is 4.47. The first-order valence-electron chi connectivity index (χ1n) is 9.68. The SMILES string of the molecule is CCNC(=NCC1(Sc2ccccc2)CCCC1)N(C)Cc1ncnn1C.I. The molecule has 1 saturated carbocycles. The molecule has 2 aromatic rings. The number of halogens is 1. The summed E-state index contributed by atoms with van der Waals surface area (Å²) in [5, 5.41) is 7.59. The van der Waals surface area contributed by atoms with Crippen molar-refractivity contribution in [2.45, 2.75) is 48.8 Å². The van der Waals surface area contributed by atoms with E-state index in [1.807, 2.05) is 23.5 Å². The Hall–Kier alpha value is -1.29. The Morgan fingerprint density at radius 2 is 2.00 bits per heavy atom. The molecule has 0 radical (unpaired) electrons. The summed E-state index contributed by atoms with van der Waals surface area (Å²) >= 11 is 2.00. The van der Waals surface area contributed by atoms with E-state index in [-0.39, 0.29) is 28.7 Å². The Bertz CT molecular complexity index is 742. The summed E-state index contributed by atoms with van der Waals surface area (Å²) in [6.07, 6.45) is 6.63. The number of aromatic nitrogens is 3. The van der Waals surface area contributed by atoms with Crippen LogP contribution in [0.5, 0.6) is 0 Å². The fourth-order valence-corrected chi connectivity index (χ4v) is 4.90. The maximum atomic E-state index is 5.03. The molecule has 3 rings (SSSR count). The Kier molecular flexibility index (Phi) is 9.07. The van der Waals surface area contributed by atoms with Gasteiger partial charge in [0.2, 0.25) is 0 Å². The second kappa shape index (κ2) is 11.0. The number of hydrogen-bond acceptors (Lipinski definition) is 4. The molecule has 1 fully saturated rings. The molecule has 0 atom stereocenters. The Labute approximate surface area is 189 Å². The second-order valence-corrected chi connectivity index (χ2v) is 8.67. The molecule has 1 aromatic heterocycles. The van der Waals surface area contributed by atoms with Crippen LogP contribution in [-0.4, -0.2) is 50.5 Å². The lowest BCUT2D eigenvalue weighted by Gasteiger charge is -2.28. The summed E-state index contributed by atoms with van der Waals surface area (Å²) in [4.78, 5) is 12.8. The number of nitrogens with zero attached hydrogens (tertiary/aromatic N) is 5. The van der Waals surface area contributed by atoms with E-state index in [1.54, 1.807) is 6.33 Å². The van der Waals surface area contributed by atoms with Crippen LogP contribution >= 0.6 is 35.7 Å². The second-order valence-electron chi connectivity index (χ2n) is 7.13. The van der Waals surface area contributed by atoms with E-state index >= 15 is 0 Å². The molecule has 8 heteroatoms. The molecule has 154 valence electrons. The minimum atomic E-state index is 0. The molecule has 1 N–H and O–H groups in total.